The Morgan fingerprint density at radius 2 is 1.83 bits per heavy atom. The molecule has 0 saturated carbocycles. The number of nitrogens with two attached hydrogens (primary N) is 1. The molecule has 2 atom stereocenters. The van der Waals surface area contributed by atoms with Crippen molar-refractivity contribution >= 4 is 44.5 Å². The summed E-state index contributed by atoms with van der Waals surface area (Å²) in [4.78, 5) is 49.4. The summed E-state index contributed by atoms with van der Waals surface area (Å²) >= 11 is 1.38. The molecule has 3 aromatic carbocycles. The van der Waals surface area contributed by atoms with Crippen LogP contribution in [0.5, 0.6) is 5.75 Å². The van der Waals surface area contributed by atoms with Crippen molar-refractivity contribution in [3.63, 3.8) is 0 Å². The number of nitrogens with zero attached hydrogens (tertiary/aromatic N) is 5. The van der Waals surface area contributed by atoms with Gasteiger partial charge in [-0.2, -0.15) is 5.01 Å². The second-order valence-corrected chi connectivity index (χ2v) is 12.8. The van der Waals surface area contributed by atoms with Crippen LogP contribution >= 0.6 is 11.3 Å². The van der Waals surface area contributed by atoms with E-state index in [1.807, 2.05) is 56.3 Å². The second kappa shape index (κ2) is 12.9. The van der Waals surface area contributed by atoms with Crippen LogP contribution in [0.15, 0.2) is 66.7 Å². The number of methoxy groups -OCH3 is 1. The Bertz CT molecular complexity index is 1750. The number of urea groups is 1. The first-order chi connectivity index (χ1) is 22.1. The minimum absolute atomic E-state index is 0.0714. The molecule has 0 aliphatic carbocycles. The van der Waals surface area contributed by atoms with E-state index in [1.165, 1.54) is 23.5 Å². The molecule has 2 fully saturated rings. The number of fused-ring (bicyclic) bond motifs is 2. The molecule has 0 spiro atoms. The number of rotatable bonds is 9. The van der Waals surface area contributed by atoms with Gasteiger partial charge in [-0.1, -0.05) is 47.7 Å². The van der Waals surface area contributed by atoms with Crippen molar-refractivity contribution in [1.29, 1.82) is 0 Å². The van der Waals surface area contributed by atoms with Gasteiger partial charge >= 0.3 is 6.03 Å². The van der Waals surface area contributed by atoms with Crippen LogP contribution in [0.25, 0.3) is 10.2 Å². The summed E-state index contributed by atoms with van der Waals surface area (Å²) in [6, 6.07) is 17.6. The summed E-state index contributed by atoms with van der Waals surface area (Å²) in [7, 11) is 1.59. The lowest BCUT2D eigenvalue weighted by molar-refractivity contribution is -0.158. The van der Waals surface area contributed by atoms with Crippen molar-refractivity contribution in [3.05, 3.63) is 89.2 Å². The first kappa shape index (κ1) is 31.2. The maximum absolute atomic E-state index is 14.2. The van der Waals surface area contributed by atoms with E-state index in [4.69, 9.17) is 10.5 Å². The molecular weight excluding hydrogens is 609 g/mol. The molecule has 0 radical (unpaired) electrons. The average molecular weight is 646 g/mol. The number of thiazole rings is 1. The highest BCUT2D eigenvalue weighted by Crippen LogP contribution is 2.33. The summed E-state index contributed by atoms with van der Waals surface area (Å²) in [5.41, 5.74) is 9.19. The van der Waals surface area contributed by atoms with E-state index in [-0.39, 0.29) is 62.3 Å². The zero-order valence-corrected chi connectivity index (χ0v) is 26.7. The molecule has 2 aliphatic heterocycles. The third-order valence-electron chi connectivity index (χ3n) is 8.37. The molecule has 240 valence electrons. The highest BCUT2D eigenvalue weighted by atomic mass is 32.1. The molecule has 1 aromatic heterocycles. The van der Waals surface area contributed by atoms with Crippen LogP contribution in [0.2, 0.25) is 0 Å². The molecule has 2 saturated heterocycles. The number of carbonyl (C=O) groups is 3. The lowest BCUT2D eigenvalue weighted by atomic mass is 10.00. The molecule has 4 amide bonds. The van der Waals surface area contributed by atoms with Crippen molar-refractivity contribution < 1.29 is 23.5 Å². The largest absolute Gasteiger partial charge is 0.497 e. The predicted molar refractivity (Wildman–Crippen MR) is 173 cm³/mol. The minimum atomic E-state index is -0.849. The number of nitrogen functional groups attached to an aromatic ring is 1. The number of amides is 4. The van der Waals surface area contributed by atoms with E-state index >= 15 is 0 Å². The number of ether oxygens (including phenoxy) is 1. The standard InChI is InChI=1S/C33H36FN7O4S/c1-20(2)41(33(44)36-16-22-9-13-25(45-3)14-10-22)39-19-29(42)40-26(15-21-7-11-24(34)12-8-21)31(43)38(18-28(39)40)17-23-5-4-6-27-30(23)37-32(35)46-27/h4-14,20,26,28H,15-19H2,1-3H3,(H2,35,37)(H,36,44)/t26-,28+/m0/s1. The van der Waals surface area contributed by atoms with Crippen LogP contribution in [0.1, 0.15) is 30.5 Å². The van der Waals surface area contributed by atoms with Crippen LogP contribution in [0, 0.1) is 5.82 Å². The molecule has 0 unspecified atom stereocenters. The Hall–Kier alpha value is -4.75. The topological polar surface area (TPSA) is 124 Å². The summed E-state index contributed by atoms with van der Waals surface area (Å²) in [5.74, 6) is -0.148. The van der Waals surface area contributed by atoms with Crippen molar-refractivity contribution in [3.8, 4) is 5.75 Å². The number of halogens is 1. The number of carbonyl (C=O) groups excluding carboxylic acids is 3. The lowest BCUT2D eigenvalue weighted by Gasteiger charge is -2.47. The highest BCUT2D eigenvalue weighted by Gasteiger charge is 2.52. The molecule has 3 heterocycles. The maximum atomic E-state index is 14.2. The fraction of sp³-hybridized carbons (Fsp3) is 0.333. The molecule has 0 bridgehead atoms. The Kier molecular flexibility index (Phi) is 8.78. The van der Waals surface area contributed by atoms with Gasteiger partial charge in [0.15, 0.2) is 5.13 Å². The number of nitrogens with one attached hydrogen (secondary N) is 1. The van der Waals surface area contributed by atoms with Gasteiger partial charge in [-0.15, -0.1) is 0 Å². The Morgan fingerprint density at radius 3 is 2.52 bits per heavy atom. The van der Waals surface area contributed by atoms with Crippen molar-refractivity contribution in [2.45, 2.75) is 51.6 Å². The average Bonchev–Trinajstić information content (AvgIpc) is 3.58. The van der Waals surface area contributed by atoms with E-state index in [1.54, 1.807) is 39.1 Å². The normalized spacial score (nSPS) is 18.4. The van der Waals surface area contributed by atoms with Gasteiger partial charge in [-0.25, -0.2) is 14.2 Å². The van der Waals surface area contributed by atoms with Gasteiger partial charge in [-0.05, 0) is 60.9 Å². The Labute approximate surface area is 270 Å². The van der Waals surface area contributed by atoms with Gasteiger partial charge in [0.25, 0.3) is 0 Å². The van der Waals surface area contributed by atoms with Crippen molar-refractivity contribution in [2.24, 2.45) is 0 Å². The quantitative estimate of drug-likeness (QED) is 0.282. The number of hydrazine groups is 1. The molecule has 6 rings (SSSR count). The Morgan fingerprint density at radius 1 is 1.11 bits per heavy atom. The van der Waals surface area contributed by atoms with Crippen LogP contribution in [0.3, 0.4) is 0 Å². The first-order valence-electron chi connectivity index (χ1n) is 15.1. The van der Waals surface area contributed by atoms with Crippen molar-refractivity contribution in [2.75, 3.05) is 25.9 Å². The summed E-state index contributed by atoms with van der Waals surface area (Å²) < 4.78 is 19.9. The van der Waals surface area contributed by atoms with E-state index in [9.17, 15) is 18.8 Å². The molecule has 11 nitrogen and oxygen atoms in total. The summed E-state index contributed by atoms with van der Waals surface area (Å²) in [6.45, 7) is 4.40. The van der Waals surface area contributed by atoms with Gasteiger partial charge in [0, 0.05) is 25.6 Å². The fourth-order valence-electron chi connectivity index (χ4n) is 6.21. The zero-order chi connectivity index (χ0) is 32.5. The summed E-state index contributed by atoms with van der Waals surface area (Å²) in [5, 5.41) is 6.75. The molecule has 2 aliphatic rings. The van der Waals surface area contributed by atoms with Gasteiger partial charge in [0.1, 0.15) is 23.8 Å². The third kappa shape index (κ3) is 6.20. The SMILES string of the molecule is COc1ccc(CNC(=O)N(C(C)C)N2CC(=O)N3[C@@H](Cc4ccc(F)cc4)C(=O)N(Cc4cccc5sc(N)nc45)C[C@@H]32)cc1. The highest BCUT2D eigenvalue weighted by molar-refractivity contribution is 7.22. The number of hydrogen-bond acceptors (Lipinski definition) is 8. The number of para-hydroxylation sites is 1. The van der Waals surface area contributed by atoms with E-state index in [0.717, 1.165) is 32.7 Å². The van der Waals surface area contributed by atoms with Gasteiger partial charge in [0.05, 0.1) is 30.4 Å². The maximum Gasteiger partial charge on any atom is 0.332 e. The number of benzene rings is 3. The van der Waals surface area contributed by atoms with Crippen LogP contribution in [-0.4, -0.2) is 81.1 Å². The molecule has 46 heavy (non-hydrogen) atoms. The number of hydrogen-bond donors (Lipinski definition) is 2. The van der Waals surface area contributed by atoms with Gasteiger partial charge in [-0.3, -0.25) is 14.6 Å². The molecule has 13 heteroatoms. The molecular formula is C33H36FN7O4S. The van der Waals surface area contributed by atoms with Crippen LogP contribution in [-0.2, 0) is 29.1 Å². The van der Waals surface area contributed by atoms with Crippen LogP contribution < -0.4 is 15.8 Å². The second-order valence-electron chi connectivity index (χ2n) is 11.7. The van der Waals surface area contributed by atoms with Gasteiger partial charge in [0.2, 0.25) is 11.8 Å². The van der Waals surface area contributed by atoms with Crippen LogP contribution in [0.4, 0.5) is 14.3 Å². The monoisotopic (exact) mass is 645 g/mol. The number of anilines is 1. The van der Waals surface area contributed by atoms with E-state index in [2.05, 4.69) is 10.3 Å². The molecule has 4 aromatic rings. The fourth-order valence-corrected chi connectivity index (χ4v) is 7.00. The minimum Gasteiger partial charge on any atom is -0.497 e. The van der Waals surface area contributed by atoms with E-state index in [0.29, 0.717) is 5.13 Å². The lowest BCUT2D eigenvalue weighted by Crippen LogP contribution is -2.66. The third-order valence-corrected chi connectivity index (χ3v) is 9.22. The zero-order valence-electron chi connectivity index (χ0n) is 25.9. The first-order valence-corrected chi connectivity index (χ1v) is 15.9. The smallest absolute Gasteiger partial charge is 0.332 e. The summed E-state index contributed by atoms with van der Waals surface area (Å²) in [6.07, 6.45) is -0.408. The number of piperazine rings is 1. The van der Waals surface area contributed by atoms with Gasteiger partial charge < -0.3 is 25.6 Å². The van der Waals surface area contributed by atoms with Crippen molar-refractivity contribution in [1.82, 2.24) is 30.1 Å². The number of aromatic nitrogens is 1. The molecule has 3 N–H and O–H groups in total. The predicted octanol–water partition coefficient (Wildman–Crippen LogP) is 3.99. The Balaban J connectivity index is 1.30. The van der Waals surface area contributed by atoms with E-state index < -0.39 is 12.2 Å².